The number of nitrogens with one attached hydrogen (secondary N) is 2. The number of benzene rings is 2. The summed E-state index contributed by atoms with van der Waals surface area (Å²) in [5, 5.41) is 17.9. The molecule has 0 aliphatic heterocycles. The van der Waals surface area contributed by atoms with Crippen molar-refractivity contribution in [3.8, 4) is 11.4 Å². The number of halogens is 2. The molecule has 0 saturated carbocycles. The van der Waals surface area contributed by atoms with Gasteiger partial charge in [-0.15, -0.1) is 10.2 Å². The van der Waals surface area contributed by atoms with Crippen LogP contribution in [0.3, 0.4) is 0 Å². The lowest BCUT2D eigenvalue weighted by molar-refractivity contribution is -0.120. The molecule has 174 valence electrons. The van der Waals surface area contributed by atoms with E-state index in [0.29, 0.717) is 22.8 Å². The second-order valence-electron chi connectivity index (χ2n) is 8.18. The Morgan fingerprint density at radius 3 is 2.48 bits per heavy atom. The topological polar surface area (TPSA) is 111 Å². The molecule has 1 atom stereocenters. The molecule has 0 aliphatic carbocycles. The normalized spacial score (nSPS) is 12.2. The van der Waals surface area contributed by atoms with Crippen molar-refractivity contribution in [1.29, 1.82) is 0 Å². The molecular weight excluding hydrogens is 451 g/mol. The van der Waals surface area contributed by atoms with Gasteiger partial charge >= 0.3 is 6.09 Å². The van der Waals surface area contributed by atoms with Crippen LogP contribution in [0.1, 0.15) is 40.2 Å². The SMILES string of the molecule is CCC(C(=O)Nc1ccc(F)c(NC(=O)OC(C)(C)C)c1)n1nnc(-c2ccc(Cl)cc2)n1. The van der Waals surface area contributed by atoms with Gasteiger partial charge in [-0.2, -0.15) is 4.80 Å². The zero-order valence-electron chi connectivity index (χ0n) is 18.6. The van der Waals surface area contributed by atoms with Gasteiger partial charge in [0.15, 0.2) is 6.04 Å². The Kier molecular flexibility index (Phi) is 7.27. The molecule has 2 aromatic carbocycles. The van der Waals surface area contributed by atoms with Gasteiger partial charge in [-0.25, -0.2) is 9.18 Å². The highest BCUT2D eigenvalue weighted by Gasteiger charge is 2.23. The van der Waals surface area contributed by atoms with Crippen LogP contribution < -0.4 is 10.6 Å². The Labute approximate surface area is 195 Å². The predicted octanol–water partition coefficient (Wildman–Crippen LogP) is 5.07. The fourth-order valence-electron chi connectivity index (χ4n) is 2.86. The number of anilines is 2. The second-order valence-corrected chi connectivity index (χ2v) is 8.61. The first kappa shape index (κ1) is 24.1. The van der Waals surface area contributed by atoms with E-state index in [1.54, 1.807) is 52.0 Å². The molecule has 1 aromatic heterocycles. The van der Waals surface area contributed by atoms with Gasteiger partial charge in [-0.1, -0.05) is 18.5 Å². The van der Waals surface area contributed by atoms with E-state index in [0.717, 1.165) is 6.07 Å². The highest BCUT2D eigenvalue weighted by Crippen LogP contribution is 2.23. The number of carbonyl (C=O) groups is 2. The van der Waals surface area contributed by atoms with Gasteiger partial charge in [0.05, 0.1) is 5.69 Å². The summed E-state index contributed by atoms with van der Waals surface area (Å²) in [6.45, 7) is 6.89. The molecule has 0 fully saturated rings. The smallest absolute Gasteiger partial charge is 0.412 e. The first-order valence-corrected chi connectivity index (χ1v) is 10.6. The van der Waals surface area contributed by atoms with E-state index in [1.165, 1.54) is 16.9 Å². The lowest BCUT2D eigenvalue weighted by Crippen LogP contribution is -2.28. The maximum absolute atomic E-state index is 14.2. The van der Waals surface area contributed by atoms with Crippen LogP contribution in [0.2, 0.25) is 5.02 Å². The third-order valence-electron chi connectivity index (χ3n) is 4.37. The highest BCUT2D eigenvalue weighted by molar-refractivity contribution is 6.30. The summed E-state index contributed by atoms with van der Waals surface area (Å²) in [5.41, 5.74) is 0.122. The largest absolute Gasteiger partial charge is 0.444 e. The summed E-state index contributed by atoms with van der Waals surface area (Å²) >= 11 is 5.90. The summed E-state index contributed by atoms with van der Waals surface area (Å²) in [4.78, 5) is 26.1. The number of hydrogen-bond acceptors (Lipinski definition) is 6. The number of ether oxygens (including phenoxy) is 1. The molecule has 1 unspecified atom stereocenters. The van der Waals surface area contributed by atoms with Gasteiger partial charge in [0.2, 0.25) is 5.82 Å². The number of carbonyl (C=O) groups excluding carboxylic acids is 2. The van der Waals surface area contributed by atoms with Crippen LogP contribution in [0.25, 0.3) is 11.4 Å². The lowest BCUT2D eigenvalue weighted by atomic mass is 10.2. The van der Waals surface area contributed by atoms with E-state index in [4.69, 9.17) is 16.3 Å². The van der Waals surface area contributed by atoms with Crippen molar-refractivity contribution >= 4 is 35.0 Å². The van der Waals surface area contributed by atoms with Crippen molar-refractivity contribution in [1.82, 2.24) is 20.2 Å². The molecule has 0 bridgehead atoms. The van der Waals surface area contributed by atoms with E-state index in [9.17, 15) is 14.0 Å². The van der Waals surface area contributed by atoms with Crippen molar-refractivity contribution in [2.45, 2.75) is 45.8 Å². The Hall–Kier alpha value is -3.53. The number of amides is 2. The average Bonchev–Trinajstić information content (AvgIpc) is 3.20. The predicted molar refractivity (Wildman–Crippen MR) is 122 cm³/mol. The third kappa shape index (κ3) is 6.48. The molecule has 3 rings (SSSR count). The standard InChI is InChI=1S/C22H24ClFN6O3/c1-5-18(30-28-19(27-29-30)13-6-8-14(23)9-7-13)20(31)25-15-10-11-16(24)17(12-15)26-21(32)33-22(2,3)4/h6-12,18H,5H2,1-4H3,(H,25,31)(H,26,32). The Balaban J connectivity index is 1.73. The molecule has 0 saturated heterocycles. The van der Waals surface area contributed by atoms with Gasteiger partial charge in [-0.3, -0.25) is 10.1 Å². The summed E-state index contributed by atoms with van der Waals surface area (Å²) in [6, 6.07) is 9.98. The first-order chi connectivity index (χ1) is 15.6. The molecule has 1 heterocycles. The zero-order chi connectivity index (χ0) is 24.2. The van der Waals surface area contributed by atoms with E-state index >= 15 is 0 Å². The van der Waals surface area contributed by atoms with Crippen LogP contribution in [0.5, 0.6) is 0 Å². The third-order valence-corrected chi connectivity index (χ3v) is 4.62. The van der Waals surface area contributed by atoms with E-state index in [-0.39, 0.29) is 11.4 Å². The fourth-order valence-corrected chi connectivity index (χ4v) is 2.99. The minimum Gasteiger partial charge on any atom is -0.444 e. The van der Waals surface area contributed by atoms with Crippen molar-refractivity contribution in [3.63, 3.8) is 0 Å². The van der Waals surface area contributed by atoms with E-state index in [2.05, 4.69) is 26.0 Å². The van der Waals surface area contributed by atoms with E-state index < -0.39 is 29.5 Å². The van der Waals surface area contributed by atoms with Crippen molar-refractivity contribution in [2.24, 2.45) is 0 Å². The van der Waals surface area contributed by atoms with Crippen LogP contribution in [0.15, 0.2) is 42.5 Å². The van der Waals surface area contributed by atoms with Gasteiger partial charge in [0, 0.05) is 16.3 Å². The van der Waals surface area contributed by atoms with Gasteiger partial charge in [-0.05, 0) is 74.9 Å². The zero-order valence-corrected chi connectivity index (χ0v) is 19.4. The number of aromatic nitrogens is 4. The van der Waals surface area contributed by atoms with Crippen LogP contribution in [-0.2, 0) is 9.53 Å². The van der Waals surface area contributed by atoms with Crippen molar-refractivity contribution in [2.75, 3.05) is 10.6 Å². The molecule has 2 amide bonds. The first-order valence-electron chi connectivity index (χ1n) is 10.2. The van der Waals surface area contributed by atoms with Crippen LogP contribution in [0.4, 0.5) is 20.6 Å². The van der Waals surface area contributed by atoms with Crippen LogP contribution >= 0.6 is 11.6 Å². The number of hydrogen-bond donors (Lipinski definition) is 2. The molecule has 33 heavy (non-hydrogen) atoms. The van der Waals surface area contributed by atoms with Crippen molar-refractivity contribution in [3.05, 3.63) is 53.3 Å². The van der Waals surface area contributed by atoms with Crippen LogP contribution in [-0.4, -0.2) is 37.8 Å². The molecule has 0 aliphatic rings. The molecule has 0 radical (unpaired) electrons. The Morgan fingerprint density at radius 1 is 1.15 bits per heavy atom. The van der Waals surface area contributed by atoms with E-state index in [1.807, 2.05) is 0 Å². The molecule has 11 heteroatoms. The van der Waals surface area contributed by atoms with Gasteiger partial charge in [0.1, 0.15) is 11.4 Å². The minimum absolute atomic E-state index is 0.126. The summed E-state index contributed by atoms with van der Waals surface area (Å²) in [6.07, 6.45) is -0.426. The Bertz CT molecular complexity index is 1140. The Morgan fingerprint density at radius 2 is 1.85 bits per heavy atom. The highest BCUT2D eigenvalue weighted by atomic mass is 35.5. The molecule has 0 spiro atoms. The monoisotopic (exact) mass is 474 g/mol. The summed E-state index contributed by atoms with van der Waals surface area (Å²) in [5.74, 6) is -0.743. The lowest BCUT2D eigenvalue weighted by Gasteiger charge is -2.20. The van der Waals surface area contributed by atoms with Crippen molar-refractivity contribution < 1.29 is 18.7 Å². The number of rotatable bonds is 6. The average molecular weight is 475 g/mol. The minimum atomic E-state index is -0.808. The summed E-state index contributed by atoms with van der Waals surface area (Å²) < 4.78 is 19.3. The van der Waals surface area contributed by atoms with Gasteiger partial charge < -0.3 is 10.1 Å². The number of nitrogens with zero attached hydrogens (tertiary/aromatic N) is 4. The molecule has 9 nitrogen and oxygen atoms in total. The molecule has 3 aromatic rings. The number of tetrazole rings is 1. The second kappa shape index (κ2) is 9.95. The quantitative estimate of drug-likeness (QED) is 0.516. The maximum atomic E-state index is 14.2. The van der Waals surface area contributed by atoms with Crippen LogP contribution in [0, 0.1) is 5.82 Å². The molecule has 2 N–H and O–H groups in total. The fraction of sp³-hybridized carbons (Fsp3) is 0.318. The molecular formula is C22H24ClFN6O3. The van der Waals surface area contributed by atoms with Gasteiger partial charge in [0.25, 0.3) is 5.91 Å². The maximum Gasteiger partial charge on any atom is 0.412 e. The summed E-state index contributed by atoms with van der Waals surface area (Å²) in [7, 11) is 0.